The quantitative estimate of drug-likeness (QED) is 0.680. The number of thioether (sulfide) groups is 1. The highest BCUT2D eigenvalue weighted by atomic mass is 32.2. The lowest BCUT2D eigenvalue weighted by Gasteiger charge is -2.36. The molecule has 26 heavy (non-hydrogen) atoms. The SMILES string of the molecule is CCC1SC(=O)N(C(CC)N(C)C)N=C1c1ccc(OC)c(OCF)c1. The molecule has 2 unspecified atom stereocenters. The molecule has 0 saturated carbocycles. The summed E-state index contributed by atoms with van der Waals surface area (Å²) in [4.78, 5) is 14.5. The smallest absolute Gasteiger partial charge is 0.303 e. The standard InChI is InChI=1S/C18H26FN3O3S/c1-6-15-17(12-8-9-13(24-5)14(10-12)25-11-19)20-22(18(23)26-15)16(7-2)21(3)4/h8-10,15-16H,6-7,11H2,1-5H3. The Labute approximate surface area is 158 Å². The number of hydrogen-bond donors (Lipinski definition) is 0. The first kappa shape index (κ1) is 20.5. The van der Waals surface area contributed by atoms with E-state index in [1.165, 1.54) is 23.9 Å². The molecule has 1 heterocycles. The molecule has 2 rings (SSSR count). The van der Waals surface area contributed by atoms with Crippen molar-refractivity contribution in [2.75, 3.05) is 28.1 Å². The van der Waals surface area contributed by atoms with Gasteiger partial charge in [0, 0.05) is 5.56 Å². The van der Waals surface area contributed by atoms with Crippen molar-refractivity contribution in [1.29, 1.82) is 0 Å². The Morgan fingerprint density at radius 1 is 1.35 bits per heavy atom. The van der Waals surface area contributed by atoms with Crippen LogP contribution in [0.4, 0.5) is 9.18 Å². The third kappa shape index (κ3) is 4.29. The molecule has 1 aliphatic rings. The van der Waals surface area contributed by atoms with Gasteiger partial charge < -0.3 is 9.47 Å². The van der Waals surface area contributed by atoms with E-state index in [4.69, 9.17) is 9.47 Å². The maximum atomic E-state index is 12.7. The number of nitrogens with zero attached hydrogens (tertiary/aromatic N) is 3. The largest absolute Gasteiger partial charge is 0.493 e. The van der Waals surface area contributed by atoms with Gasteiger partial charge >= 0.3 is 5.24 Å². The van der Waals surface area contributed by atoms with Crippen molar-refractivity contribution in [1.82, 2.24) is 9.91 Å². The molecule has 8 heteroatoms. The first-order chi connectivity index (χ1) is 12.5. The molecule has 2 atom stereocenters. The zero-order chi connectivity index (χ0) is 19.3. The summed E-state index contributed by atoms with van der Waals surface area (Å²) in [6.07, 6.45) is 1.39. The molecular weight excluding hydrogens is 357 g/mol. The first-order valence-electron chi connectivity index (χ1n) is 8.58. The van der Waals surface area contributed by atoms with Crippen molar-refractivity contribution in [3.8, 4) is 11.5 Å². The molecule has 0 spiro atoms. The van der Waals surface area contributed by atoms with Crippen LogP contribution in [0.3, 0.4) is 0 Å². The highest BCUT2D eigenvalue weighted by Gasteiger charge is 2.34. The highest BCUT2D eigenvalue weighted by Crippen LogP contribution is 2.34. The van der Waals surface area contributed by atoms with Crippen LogP contribution in [0.2, 0.25) is 0 Å². The second kappa shape index (κ2) is 9.23. The second-order valence-electron chi connectivity index (χ2n) is 6.08. The van der Waals surface area contributed by atoms with E-state index in [1.807, 2.05) is 38.9 Å². The molecule has 0 aromatic heterocycles. The van der Waals surface area contributed by atoms with Gasteiger partial charge in [-0.25, -0.2) is 9.40 Å². The number of hydrogen-bond acceptors (Lipinski definition) is 6. The van der Waals surface area contributed by atoms with E-state index >= 15 is 0 Å². The van der Waals surface area contributed by atoms with E-state index in [0.717, 1.165) is 24.1 Å². The normalized spacial score (nSPS) is 18.7. The lowest BCUT2D eigenvalue weighted by molar-refractivity contribution is 0.114. The fraction of sp³-hybridized carbons (Fsp3) is 0.556. The van der Waals surface area contributed by atoms with E-state index in [-0.39, 0.29) is 16.7 Å². The minimum absolute atomic E-state index is 0.0603. The molecule has 0 N–H and O–H groups in total. The van der Waals surface area contributed by atoms with Crippen molar-refractivity contribution in [2.24, 2.45) is 5.10 Å². The van der Waals surface area contributed by atoms with Gasteiger partial charge in [-0.15, -0.1) is 0 Å². The van der Waals surface area contributed by atoms with Crippen molar-refractivity contribution in [3.05, 3.63) is 23.8 Å². The topological polar surface area (TPSA) is 54.4 Å². The number of alkyl halides is 1. The minimum atomic E-state index is -0.943. The summed E-state index contributed by atoms with van der Waals surface area (Å²) in [5.74, 6) is 0.773. The Hall–Kier alpha value is -1.80. The van der Waals surface area contributed by atoms with Crippen LogP contribution in [0.25, 0.3) is 0 Å². The lowest BCUT2D eigenvalue weighted by atomic mass is 10.0. The molecular formula is C18H26FN3O3S. The number of benzene rings is 1. The van der Waals surface area contributed by atoms with E-state index in [0.29, 0.717) is 11.5 Å². The molecule has 0 fully saturated rings. The highest BCUT2D eigenvalue weighted by molar-refractivity contribution is 8.14. The molecule has 1 aromatic carbocycles. The zero-order valence-corrected chi connectivity index (χ0v) is 16.7. The number of hydrazone groups is 1. The molecule has 1 amide bonds. The van der Waals surface area contributed by atoms with Gasteiger partial charge in [0.25, 0.3) is 0 Å². The third-order valence-corrected chi connectivity index (χ3v) is 5.46. The van der Waals surface area contributed by atoms with Crippen LogP contribution in [0.5, 0.6) is 11.5 Å². The Balaban J connectivity index is 2.49. The predicted octanol–water partition coefficient (Wildman–Crippen LogP) is 3.95. The Kier molecular flexibility index (Phi) is 7.28. The number of carbonyl (C=O) groups excluding carboxylic acids is 1. The lowest BCUT2D eigenvalue weighted by Crippen LogP contribution is -2.47. The van der Waals surface area contributed by atoms with Crippen LogP contribution < -0.4 is 9.47 Å². The maximum Gasteiger partial charge on any atom is 0.303 e. The summed E-state index contributed by atoms with van der Waals surface area (Å²) in [5.41, 5.74) is 1.57. The van der Waals surface area contributed by atoms with Crippen LogP contribution >= 0.6 is 11.8 Å². The maximum absolute atomic E-state index is 12.7. The minimum Gasteiger partial charge on any atom is -0.493 e. The van der Waals surface area contributed by atoms with Gasteiger partial charge in [0.2, 0.25) is 6.86 Å². The summed E-state index contributed by atoms with van der Waals surface area (Å²) < 4.78 is 22.9. The fourth-order valence-corrected chi connectivity index (χ4v) is 3.90. The average Bonchev–Trinajstić information content (AvgIpc) is 2.63. The summed E-state index contributed by atoms with van der Waals surface area (Å²) in [6, 6.07) is 5.30. The summed E-state index contributed by atoms with van der Waals surface area (Å²) in [5, 5.41) is 6.09. The van der Waals surface area contributed by atoms with E-state index in [1.54, 1.807) is 12.1 Å². The number of carbonyl (C=O) groups is 1. The van der Waals surface area contributed by atoms with Crippen LogP contribution in [0.15, 0.2) is 23.3 Å². The van der Waals surface area contributed by atoms with Gasteiger partial charge in [-0.3, -0.25) is 9.69 Å². The molecule has 0 bridgehead atoms. The molecule has 0 aliphatic carbocycles. The molecule has 1 aliphatic heterocycles. The molecule has 6 nitrogen and oxygen atoms in total. The second-order valence-corrected chi connectivity index (χ2v) is 7.24. The van der Waals surface area contributed by atoms with Crippen molar-refractivity contribution in [3.63, 3.8) is 0 Å². The van der Waals surface area contributed by atoms with Gasteiger partial charge in [0.1, 0.15) is 6.17 Å². The van der Waals surface area contributed by atoms with Gasteiger partial charge in [-0.2, -0.15) is 5.10 Å². The molecule has 0 saturated heterocycles. The monoisotopic (exact) mass is 383 g/mol. The van der Waals surface area contributed by atoms with Crippen molar-refractivity contribution >= 4 is 22.7 Å². The summed E-state index contributed by atoms with van der Waals surface area (Å²) in [7, 11) is 5.35. The number of rotatable bonds is 8. The zero-order valence-electron chi connectivity index (χ0n) is 15.9. The van der Waals surface area contributed by atoms with Gasteiger partial charge in [-0.05, 0) is 45.1 Å². The Morgan fingerprint density at radius 2 is 2.08 bits per heavy atom. The summed E-state index contributed by atoms with van der Waals surface area (Å²) in [6.45, 7) is 3.09. The van der Waals surface area contributed by atoms with Crippen LogP contribution in [0.1, 0.15) is 32.3 Å². The Bertz CT molecular complexity index is 669. The van der Waals surface area contributed by atoms with Crippen LogP contribution in [0, 0.1) is 0 Å². The Morgan fingerprint density at radius 3 is 2.62 bits per heavy atom. The number of methoxy groups -OCH3 is 1. The number of halogens is 1. The average molecular weight is 383 g/mol. The van der Waals surface area contributed by atoms with Gasteiger partial charge in [-0.1, -0.05) is 25.6 Å². The van der Waals surface area contributed by atoms with Crippen LogP contribution in [-0.2, 0) is 0 Å². The number of amides is 1. The van der Waals surface area contributed by atoms with E-state index in [2.05, 4.69) is 5.10 Å². The van der Waals surface area contributed by atoms with Crippen molar-refractivity contribution < 1.29 is 18.7 Å². The number of ether oxygens (including phenoxy) is 2. The predicted molar refractivity (Wildman–Crippen MR) is 103 cm³/mol. The third-order valence-electron chi connectivity index (χ3n) is 4.23. The fourth-order valence-electron chi connectivity index (χ4n) is 2.93. The van der Waals surface area contributed by atoms with Crippen LogP contribution in [-0.4, -0.2) is 60.3 Å². The van der Waals surface area contributed by atoms with Gasteiger partial charge in [0.15, 0.2) is 11.5 Å². The van der Waals surface area contributed by atoms with Crippen molar-refractivity contribution in [2.45, 2.75) is 38.1 Å². The van der Waals surface area contributed by atoms with Gasteiger partial charge in [0.05, 0.1) is 18.1 Å². The molecule has 144 valence electrons. The van der Waals surface area contributed by atoms with E-state index < -0.39 is 6.86 Å². The first-order valence-corrected chi connectivity index (χ1v) is 9.46. The molecule has 1 aromatic rings. The van der Waals surface area contributed by atoms with E-state index in [9.17, 15) is 9.18 Å². The summed E-state index contributed by atoms with van der Waals surface area (Å²) >= 11 is 1.27. The molecule has 0 radical (unpaired) electrons.